The maximum atomic E-state index is 11.7. The summed E-state index contributed by atoms with van der Waals surface area (Å²) < 4.78 is 26.0. The molecule has 5 heteroatoms. The molecule has 0 saturated heterocycles. The molecule has 0 aliphatic heterocycles. The van der Waals surface area contributed by atoms with Crippen LogP contribution in [0, 0.1) is 17.8 Å². The minimum atomic E-state index is -3.32. The molecule has 94 valence electrons. The maximum Gasteiger partial charge on any atom is 0.216 e. The van der Waals surface area contributed by atoms with Crippen LogP contribution < -0.4 is 4.72 Å². The topological polar surface area (TPSA) is 66.4 Å². The third-order valence-corrected chi connectivity index (χ3v) is 5.54. The molecule has 4 nitrogen and oxygen atoms in total. The van der Waals surface area contributed by atoms with Crippen molar-refractivity contribution >= 4 is 10.0 Å². The van der Waals surface area contributed by atoms with Crippen molar-refractivity contribution < 1.29 is 13.5 Å². The Balaban J connectivity index is 1.85. The minimum Gasteiger partial charge on any atom is -0.395 e. The first-order valence-electron chi connectivity index (χ1n) is 6.14. The van der Waals surface area contributed by atoms with Crippen LogP contribution in [0.25, 0.3) is 0 Å². The molecule has 0 spiro atoms. The highest BCUT2D eigenvalue weighted by molar-refractivity contribution is 7.90. The normalized spacial score (nSPS) is 23.7. The second kappa shape index (κ2) is 4.63. The van der Waals surface area contributed by atoms with Crippen LogP contribution in [0.1, 0.15) is 32.6 Å². The van der Waals surface area contributed by atoms with Crippen molar-refractivity contribution in [3.8, 4) is 0 Å². The molecule has 16 heavy (non-hydrogen) atoms. The summed E-state index contributed by atoms with van der Waals surface area (Å²) in [5, 5.41) is 8.16. The Morgan fingerprint density at radius 1 is 1.25 bits per heavy atom. The van der Waals surface area contributed by atoms with Crippen LogP contribution in [0.4, 0.5) is 0 Å². The van der Waals surface area contributed by atoms with Crippen molar-refractivity contribution in [3.63, 3.8) is 0 Å². The van der Waals surface area contributed by atoms with Gasteiger partial charge in [0, 0.05) is 6.54 Å². The van der Waals surface area contributed by atoms with E-state index in [2.05, 4.69) is 4.72 Å². The number of hydrogen-bond acceptors (Lipinski definition) is 3. The first-order chi connectivity index (χ1) is 7.54. The fraction of sp³-hybridized carbons (Fsp3) is 1.00. The molecule has 0 heterocycles. The van der Waals surface area contributed by atoms with E-state index in [0.29, 0.717) is 12.5 Å². The summed E-state index contributed by atoms with van der Waals surface area (Å²) in [6.45, 7) is 1.79. The van der Waals surface area contributed by atoms with Gasteiger partial charge in [0.2, 0.25) is 10.0 Å². The first kappa shape index (κ1) is 12.3. The average molecular weight is 247 g/mol. The zero-order chi connectivity index (χ0) is 11.8. The minimum absolute atomic E-state index is 0.313. The summed E-state index contributed by atoms with van der Waals surface area (Å²) in [5.41, 5.74) is 0. The van der Waals surface area contributed by atoms with E-state index in [0.717, 1.165) is 11.8 Å². The van der Waals surface area contributed by atoms with E-state index in [1.54, 1.807) is 0 Å². The van der Waals surface area contributed by atoms with Crippen LogP contribution in [0.3, 0.4) is 0 Å². The second-order valence-electron chi connectivity index (χ2n) is 5.23. The highest BCUT2D eigenvalue weighted by atomic mass is 32.2. The number of rotatable bonds is 7. The zero-order valence-electron chi connectivity index (χ0n) is 9.72. The Bertz CT molecular complexity index is 321. The standard InChI is InChI=1S/C11H21NO3S/c1-8(7-13)16(14,15)12-6-11(9-2-3-9)10-4-5-10/h8-13H,2-7H2,1H3. The van der Waals surface area contributed by atoms with Gasteiger partial charge in [-0.05, 0) is 50.4 Å². The molecule has 0 aromatic carbocycles. The van der Waals surface area contributed by atoms with Crippen LogP contribution in [0.15, 0.2) is 0 Å². The van der Waals surface area contributed by atoms with Gasteiger partial charge >= 0.3 is 0 Å². The predicted octanol–water partition coefficient (Wildman–Crippen LogP) is 0.723. The largest absolute Gasteiger partial charge is 0.395 e. The Hall–Kier alpha value is -0.130. The van der Waals surface area contributed by atoms with Crippen molar-refractivity contribution in [3.05, 3.63) is 0 Å². The zero-order valence-corrected chi connectivity index (χ0v) is 10.5. The van der Waals surface area contributed by atoms with Crippen LogP contribution in [0.2, 0.25) is 0 Å². The van der Waals surface area contributed by atoms with Crippen LogP contribution >= 0.6 is 0 Å². The number of aliphatic hydroxyl groups is 1. The predicted molar refractivity (Wildman–Crippen MR) is 62.4 cm³/mol. The molecule has 1 atom stereocenters. The summed E-state index contributed by atoms with van der Waals surface area (Å²) in [7, 11) is -3.32. The molecular weight excluding hydrogens is 226 g/mol. The highest BCUT2D eigenvalue weighted by Crippen LogP contribution is 2.48. The Morgan fingerprint density at radius 2 is 1.75 bits per heavy atom. The molecule has 0 amide bonds. The van der Waals surface area contributed by atoms with Gasteiger partial charge in [-0.15, -0.1) is 0 Å². The monoisotopic (exact) mass is 247 g/mol. The van der Waals surface area contributed by atoms with Gasteiger partial charge in [0.15, 0.2) is 0 Å². The summed E-state index contributed by atoms with van der Waals surface area (Å²) in [6, 6.07) is 0. The van der Waals surface area contributed by atoms with Crippen molar-refractivity contribution in [2.75, 3.05) is 13.2 Å². The van der Waals surface area contributed by atoms with Gasteiger partial charge in [0.1, 0.15) is 0 Å². The molecule has 0 radical (unpaired) electrons. The van der Waals surface area contributed by atoms with Gasteiger partial charge in [-0.3, -0.25) is 0 Å². The first-order valence-corrected chi connectivity index (χ1v) is 7.68. The Labute approximate surface area is 97.5 Å². The Kier molecular flexibility index (Phi) is 3.56. The van der Waals surface area contributed by atoms with E-state index in [9.17, 15) is 8.42 Å². The van der Waals surface area contributed by atoms with E-state index in [1.807, 2.05) is 0 Å². The molecule has 0 aromatic heterocycles. The van der Waals surface area contributed by atoms with Crippen LogP contribution in [-0.2, 0) is 10.0 Å². The van der Waals surface area contributed by atoms with Crippen molar-refractivity contribution in [2.24, 2.45) is 17.8 Å². The molecule has 2 aliphatic rings. The smallest absolute Gasteiger partial charge is 0.216 e. The lowest BCUT2D eigenvalue weighted by Gasteiger charge is -2.18. The van der Waals surface area contributed by atoms with Crippen LogP contribution in [-0.4, -0.2) is 31.9 Å². The lowest BCUT2D eigenvalue weighted by molar-refractivity contribution is 0.294. The van der Waals surface area contributed by atoms with E-state index in [1.165, 1.54) is 32.6 Å². The van der Waals surface area contributed by atoms with E-state index >= 15 is 0 Å². The summed E-state index contributed by atoms with van der Waals surface area (Å²) >= 11 is 0. The lowest BCUT2D eigenvalue weighted by Crippen LogP contribution is -2.38. The Morgan fingerprint density at radius 3 is 2.12 bits per heavy atom. The second-order valence-corrected chi connectivity index (χ2v) is 7.41. The number of hydrogen-bond donors (Lipinski definition) is 2. The lowest BCUT2D eigenvalue weighted by atomic mass is 9.99. The molecule has 2 N–H and O–H groups in total. The van der Waals surface area contributed by atoms with E-state index in [-0.39, 0.29) is 6.61 Å². The van der Waals surface area contributed by atoms with Gasteiger partial charge < -0.3 is 5.11 Å². The maximum absolute atomic E-state index is 11.7. The molecule has 2 rings (SSSR count). The molecule has 2 saturated carbocycles. The fourth-order valence-electron chi connectivity index (χ4n) is 2.22. The molecule has 1 unspecified atom stereocenters. The number of nitrogens with one attached hydrogen (secondary N) is 1. The molecule has 2 fully saturated rings. The SMILES string of the molecule is CC(CO)S(=O)(=O)NCC(C1CC1)C1CC1. The summed E-state index contributed by atoms with van der Waals surface area (Å²) in [6.07, 6.45) is 5.05. The molecular formula is C11H21NO3S. The van der Waals surface area contributed by atoms with Crippen molar-refractivity contribution in [2.45, 2.75) is 37.9 Å². The van der Waals surface area contributed by atoms with E-state index in [4.69, 9.17) is 5.11 Å². The molecule has 0 aromatic rings. The van der Waals surface area contributed by atoms with Crippen molar-refractivity contribution in [1.29, 1.82) is 0 Å². The van der Waals surface area contributed by atoms with Gasteiger partial charge in [-0.1, -0.05) is 0 Å². The summed E-state index contributed by atoms with van der Waals surface area (Å²) in [4.78, 5) is 0. The van der Waals surface area contributed by atoms with E-state index < -0.39 is 15.3 Å². The van der Waals surface area contributed by atoms with Gasteiger partial charge in [0.05, 0.1) is 11.9 Å². The quantitative estimate of drug-likeness (QED) is 0.697. The fourth-order valence-corrected chi connectivity index (χ4v) is 3.13. The third kappa shape index (κ3) is 2.96. The highest BCUT2D eigenvalue weighted by Gasteiger charge is 2.41. The molecule has 2 aliphatic carbocycles. The van der Waals surface area contributed by atoms with Gasteiger partial charge in [0.25, 0.3) is 0 Å². The molecule has 0 bridgehead atoms. The van der Waals surface area contributed by atoms with Crippen LogP contribution in [0.5, 0.6) is 0 Å². The van der Waals surface area contributed by atoms with Gasteiger partial charge in [-0.2, -0.15) is 0 Å². The van der Waals surface area contributed by atoms with Gasteiger partial charge in [-0.25, -0.2) is 13.1 Å². The number of sulfonamides is 1. The third-order valence-electron chi connectivity index (χ3n) is 3.76. The van der Waals surface area contributed by atoms with Crippen molar-refractivity contribution in [1.82, 2.24) is 4.72 Å². The number of aliphatic hydroxyl groups excluding tert-OH is 1. The summed E-state index contributed by atoms with van der Waals surface area (Å²) in [5.74, 6) is 2.04. The average Bonchev–Trinajstić information content (AvgIpc) is 3.08.